The number of aromatic nitrogens is 1. The average molecular weight is 414 g/mol. The number of hydrogen-bond acceptors (Lipinski definition) is 6. The molecule has 0 saturated carbocycles. The number of nitrogens with one attached hydrogen (secondary N) is 3. The number of primary amides is 1. The topological polar surface area (TPSA) is 110 Å². The molecule has 0 fully saturated rings. The molecule has 0 radical (unpaired) electrons. The molecule has 1 heterocycles. The van der Waals surface area contributed by atoms with Gasteiger partial charge in [0.15, 0.2) is 5.78 Å². The van der Waals surface area contributed by atoms with Crippen LogP contribution in [0.1, 0.15) is 52.6 Å². The summed E-state index contributed by atoms with van der Waals surface area (Å²) in [6.07, 6.45) is 4.76. The van der Waals surface area contributed by atoms with Gasteiger partial charge in [-0.15, -0.1) is 0 Å². The summed E-state index contributed by atoms with van der Waals surface area (Å²) in [5.41, 5.74) is 8.45. The number of ether oxygens (including phenoxy) is 1. The maximum Gasteiger partial charge on any atom is 0.248 e. The molecule has 1 amide bonds. The number of ketones is 1. The number of nitrogens with zero attached hydrogens (tertiary/aromatic N) is 1. The van der Waals surface area contributed by atoms with E-state index in [2.05, 4.69) is 22.9 Å². The smallest absolute Gasteiger partial charge is 0.248 e. The van der Waals surface area contributed by atoms with Gasteiger partial charge in [-0.1, -0.05) is 13.3 Å². The fourth-order valence-corrected chi connectivity index (χ4v) is 3.93. The second-order valence-electron chi connectivity index (χ2n) is 7.59. The number of Topliss-reactive ketones (excluding diaryl/α,β-unsaturated/α-hetero) is 1. The van der Waals surface area contributed by atoms with Gasteiger partial charge in [0.2, 0.25) is 5.91 Å². The number of nitrogens with two attached hydrogens (primary N) is 1. The molecule has 0 atom stereocenters. The van der Waals surface area contributed by atoms with Crippen molar-refractivity contribution >= 4 is 17.4 Å². The minimum atomic E-state index is -0.526. The molecule has 0 unspecified atom stereocenters. The van der Waals surface area contributed by atoms with Crippen molar-refractivity contribution in [2.45, 2.75) is 38.3 Å². The lowest BCUT2D eigenvalue weighted by Gasteiger charge is -2.36. The average Bonchev–Trinajstić information content (AvgIpc) is 3.12. The summed E-state index contributed by atoms with van der Waals surface area (Å²) in [5, 5.41) is 9.68. The second-order valence-corrected chi connectivity index (χ2v) is 7.59. The molecule has 0 aliphatic heterocycles. The Bertz CT molecular complexity index is 946. The first-order valence-corrected chi connectivity index (χ1v) is 10.3. The predicted molar refractivity (Wildman–Crippen MR) is 118 cm³/mol. The van der Waals surface area contributed by atoms with Gasteiger partial charge < -0.3 is 31.0 Å². The van der Waals surface area contributed by atoms with Crippen molar-refractivity contribution in [2.24, 2.45) is 5.73 Å². The Morgan fingerprint density at radius 2 is 1.97 bits per heavy atom. The zero-order valence-electron chi connectivity index (χ0n) is 18.1. The first-order chi connectivity index (χ1) is 14.4. The first-order valence-electron chi connectivity index (χ1n) is 10.3. The van der Waals surface area contributed by atoms with Gasteiger partial charge in [0.05, 0.1) is 29.2 Å². The number of carbonyl (C=O) groups is 2. The van der Waals surface area contributed by atoms with Gasteiger partial charge in [0.25, 0.3) is 0 Å². The quantitative estimate of drug-likeness (QED) is 0.370. The lowest BCUT2D eigenvalue weighted by Crippen LogP contribution is -2.58. The van der Waals surface area contributed by atoms with E-state index in [9.17, 15) is 9.59 Å². The molecule has 1 aromatic carbocycles. The van der Waals surface area contributed by atoms with Gasteiger partial charge in [-0.2, -0.15) is 0 Å². The van der Waals surface area contributed by atoms with Gasteiger partial charge in [-0.3, -0.25) is 9.59 Å². The van der Waals surface area contributed by atoms with Crippen molar-refractivity contribution < 1.29 is 14.3 Å². The fraction of sp³-hybridized carbons (Fsp3) is 0.455. The minimum absolute atomic E-state index is 0.0604. The van der Waals surface area contributed by atoms with Gasteiger partial charge in [-0.05, 0) is 38.7 Å². The zero-order chi connectivity index (χ0) is 21.9. The Kier molecular flexibility index (Phi) is 6.48. The number of carbonyl (C=O) groups excluding carboxylic acids is 2. The summed E-state index contributed by atoms with van der Waals surface area (Å²) in [5.74, 6) is 0.120. The van der Waals surface area contributed by atoms with Crippen LogP contribution in [-0.2, 0) is 6.42 Å². The third-order valence-corrected chi connectivity index (χ3v) is 5.80. The van der Waals surface area contributed by atoms with E-state index in [1.54, 1.807) is 19.2 Å². The number of unbranched alkanes of at least 4 members (excludes halogenated alkanes) is 1. The molecule has 2 aromatic rings. The molecular formula is C22H31N5O3. The second kappa shape index (κ2) is 8.89. The van der Waals surface area contributed by atoms with Gasteiger partial charge in [0.1, 0.15) is 5.75 Å². The highest BCUT2D eigenvalue weighted by atomic mass is 16.5. The Morgan fingerprint density at radius 1 is 1.23 bits per heavy atom. The highest BCUT2D eigenvalue weighted by Gasteiger charge is 2.40. The van der Waals surface area contributed by atoms with Crippen LogP contribution >= 0.6 is 0 Å². The van der Waals surface area contributed by atoms with Crippen LogP contribution in [-0.4, -0.2) is 49.7 Å². The van der Waals surface area contributed by atoms with Gasteiger partial charge in [-0.25, -0.2) is 0 Å². The van der Waals surface area contributed by atoms with Crippen molar-refractivity contribution in [3.05, 3.63) is 41.2 Å². The SMILES string of the molecule is CCCCOc1cc(C(N)=O)ccc1-n1cc(NC)c2c1CC(NC)(NC)CC2=O. The van der Waals surface area contributed by atoms with Crippen LogP contribution in [0.25, 0.3) is 5.69 Å². The zero-order valence-corrected chi connectivity index (χ0v) is 18.1. The largest absolute Gasteiger partial charge is 0.491 e. The lowest BCUT2D eigenvalue weighted by molar-refractivity contribution is 0.0902. The summed E-state index contributed by atoms with van der Waals surface area (Å²) in [6, 6.07) is 5.18. The summed E-state index contributed by atoms with van der Waals surface area (Å²) >= 11 is 0. The molecule has 8 heteroatoms. The molecule has 30 heavy (non-hydrogen) atoms. The molecule has 162 valence electrons. The van der Waals surface area contributed by atoms with Crippen LogP contribution < -0.4 is 26.4 Å². The number of benzene rings is 1. The maximum absolute atomic E-state index is 13.1. The predicted octanol–water partition coefficient (Wildman–Crippen LogP) is 2.06. The standard InChI is InChI=1S/C22H31N5O3/c1-5-6-9-30-19-10-14(21(23)29)7-8-16(19)27-13-15(24-2)20-17(27)11-22(25-3,26-4)12-18(20)28/h7-8,10,13,24-26H,5-6,9,11-12H2,1-4H3,(H2,23,29). The third kappa shape index (κ3) is 3.93. The van der Waals surface area contributed by atoms with Crippen LogP contribution in [0.5, 0.6) is 5.75 Å². The van der Waals surface area contributed by atoms with E-state index < -0.39 is 11.6 Å². The van der Waals surface area contributed by atoms with E-state index in [-0.39, 0.29) is 5.78 Å². The summed E-state index contributed by atoms with van der Waals surface area (Å²) in [6.45, 7) is 2.62. The van der Waals surface area contributed by atoms with Crippen molar-refractivity contribution in [2.75, 3.05) is 33.1 Å². The highest BCUT2D eigenvalue weighted by Crippen LogP contribution is 2.37. The van der Waals surface area contributed by atoms with Crippen LogP contribution in [0.2, 0.25) is 0 Å². The van der Waals surface area contributed by atoms with Gasteiger partial charge in [0, 0.05) is 37.3 Å². The van der Waals surface area contributed by atoms with Crippen molar-refractivity contribution in [3.8, 4) is 11.4 Å². The van der Waals surface area contributed by atoms with E-state index in [0.29, 0.717) is 36.3 Å². The number of amides is 1. The summed E-state index contributed by atoms with van der Waals surface area (Å²) in [4.78, 5) is 24.8. The Morgan fingerprint density at radius 3 is 2.57 bits per heavy atom. The molecule has 3 rings (SSSR count). The van der Waals surface area contributed by atoms with Crippen LogP contribution in [0, 0.1) is 0 Å². The van der Waals surface area contributed by atoms with Crippen LogP contribution in [0.15, 0.2) is 24.4 Å². The molecule has 1 aromatic heterocycles. The monoisotopic (exact) mass is 413 g/mol. The minimum Gasteiger partial charge on any atom is -0.491 e. The number of likely N-dealkylation sites (N-methyl/N-ethyl adjacent to an activating group) is 2. The fourth-order valence-electron chi connectivity index (χ4n) is 3.93. The van der Waals surface area contributed by atoms with Crippen molar-refractivity contribution in [1.82, 2.24) is 15.2 Å². The lowest BCUT2D eigenvalue weighted by atomic mass is 9.86. The van der Waals surface area contributed by atoms with Crippen LogP contribution in [0.4, 0.5) is 5.69 Å². The molecule has 8 nitrogen and oxygen atoms in total. The molecule has 1 aliphatic carbocycles. The number of anilines is 1. The number of fused-ring (bicyclic) bond motifs is 1. The highest BCUT2D eigenvalue weighted by molar-refractivity contribution is 6.04. The van der Waals surface area contributed by atoms with E-state index >= 15 is 0 Å². The van der Waals surface area contributed by atoms with Crippen LogP contribution in [0.3, 0.4) is 0 Å². The molecule has 0 saturated heterocycles. The van der Waals surface area contributed by atoms with Crippen molar-refractivity contribution in [1.29, 1.82) is 0 Å². The Hall–Kier alpha value is -2.84. The Balaban J connectivity index is 2.17. The van der Waals surface area contributed by atoms with E-state index in [0.717, 1.165) is 29.9 Å². The van der Waals surface area contributed by atoms with E-state index in [1.165, 1.54) is 0 Å². The number of rotatable bonds is 9. The normalized spacial score (nSPS) is 15.0. The van der Waals surface area contributed by atoms with Gasteiger partial charge >= 0.3 is 0 Å². The molecule has 0 bridgehead atoms. The number of hydrogen-bond donors (Lipinski definition) is 4. The third-order valence-electron chi connectivity index (χ3n) is 5.80. The molecule has 0 spiro atoms. The summed E-state index contributed by atoms with van der Waals surface area (Å²) < 4.78 is 8.00. The molecular weight excluding hydrogens is 382 g/mol. The van der Waals surface area contributed by atoms with E-state index in [4.69, 9.17) is 10.5 Å². The maximum atomic E-state index is 13.1. The molecule has 5 N–H and O–H groups in total. The summed E-state index contributed by atoms with van der Waals surface area (Å²) in [7, 11) is 5.50. The van der Waals surface area contributed by atoms with Crippen molar-refractivity contribution in [3.63, 3.8) is 0 Å². The Labute approximate surface area is 177 Å². The first kappa shape index (κ1) is 21.9. The molecule has 1 aliphatic rings. The van der Waals surface area contributed by atoms with E-state index in [1.807, 2.05) is 30.9 Å².